The third kappa shape index (κ3) is 2.90. The lowest BCUT2D eigenvalue weighted by Gasteiger charge is -2.17. The third-order valence-corrected chi connectivity index (χ3v) is 3.65. The lowest BCUT2D eigenvalue weighted by Crippen LogP contribution is -2.26. The van der Waals surface area contributed by atoms with Crippen LogP contribution in [0, 0.1) is 0 Å². The van der Waals surface area contributed by atoms with E-state index in [1.807, 2.05) is 31.2 Å². The summed E-state index contributed by atoms with van der Waals surface area (Å²) in [6, 6.07) is 7.54. The summed E-state index contributed by atoms with van der Waals surface area (Å²) in [5, 5.41) is 3.96. The van der Waals surface area contributed by atoms with Crippen molar-refractivity contribution >= 4 is 23.1 Å². The fourth-order valence-corrected chi connectivity index (χ4v) is 2.53. The van der Waals surface area contributed by atoms with Crippen LogP contribution in [-0.4, -0.2) is 27.4 Å². The number of nitrogens with two attached hydrogens (primary N) is 1. The van der Waals surface area contributed by atoms with E-state index in [1.165, 1.54) is 0 Å². The number of amides is 1. The van der Waals surface area contributed by atoms with E-state index in [-0.39, 0.29) is 5.91 Å². The van der Waals surface area contributed by atoms with Crippen molar-refractivity contribution in [2.45, 2.75) is 19.9 Å². The summed E-state index contributed by atoms with van der Waals surface area (Å²) in [5.74, 6) is -0.0601. The fourth-order valence-electron chi connectivity index (χ4n) is 1.78. The van der Waals surface area contributed by atoms with Crippen molar-refractivity contribution in [3.05, 3.63) is 40.4 Å². The Morgan fingerprint density at radius 3 is 2.84 bits per heavy atom. The van der Waals surface area contributed by atoms with Crippen LogP contribution in [0.25, 0.3) is 0 Å². The summed E-state index contributed by atoms with van der Waals surface area (Å²) in [6.45, 7) is 2.44. The van der Waals surface area contributed by atoms with Gasteiger partial charge in [-0.2, -0.15) is 0 Å². The molecular weight excluding hydrogens is 260 g/mol. The second-order valence-electron chi connectivity index (χ2n) is 4.26. The van der Waals surface area contributed by atoms with E-state index in [0.29, 0.717) is 23.5 Å². The van der Waals surface area contributed by atoms with Crippen molar-refractivity contribution in [2.24, 2.45) is 0 Å². The lowest BCUT2D eigenvalue weighted by molar-refractivity contribution is 0.0789. The van der Waals surface area contributed by atoms with Gasteiger partial charge in [0.05, 0.1) is 5.69 Å². The fraction of sp³-hybridized carbons (Fsp3) is 0.308. The molecule has 0 bridgehead atoms. The van der Waals surface area contributed by atoms with Gasteiger partial charge in [0.2, 0.25) is 0 Å². The van der Waals surface area contributed by atoms with Gasteiger partial charge in [-0.1, -0.05) is 29.6 Å². The first-order valence-corrected chi connectivity index (χ1v) is 6.81. The van der Waals surface area contributed by atoms with E-state index in [9.17, 15) is 4.79 Å². The Kier molecular flexibility index (Phi) is 4.11. The number of nitrogen functional groups attached to an aromatic ring is 1. The minimum atomic E-state index is -0.0601. The lowest BCUT2D eigenvalue weighted by atomic mass is 10.1. The molecular formula is C13H16N4OS. The molecule has 0 aliphatic heterocycles. The largest absolute Gasteiger partial charge is 0.398 e. The predicted octanol–water partition coefficient (Wildman–Crippen LogP) is 1.95. The highest BCUT2D eigenvalue weighted by atomic mass is 32.1. The molecule has 0 radical (unpaired) electrons. The van der Waals surface area contributed by atoms with Gasteiger partial charge in [0.25, 0.3) is 5.91 Å². The predicted molar refractivity (Wildman–Crippen MR) is 75.9 cm³/mol. The maximum atomic E-state index is 12.3. The van der Waals surface area contributed by atoms with Crippen LogP contribution in [0.15, 0.2) is 24.3 Å². The standard InChI is InChI=1S/C13H16N4OS/c1-3-11-12(19-16-15-11)13(18)17(2)8-9-6-4-5-7-10(9)14/h4-7H,3,8,14H2,1-2H3. The van der Waals surface area contributed by atoms with Gasteiger partial charge >= 0.3 is 0 Å². The Balaban J connectivity index is 2.14. The van der Waals surface area contributed by atoms with Crippen LogP contribution in [0.1, 0.15) is 27.9 Å². The molecule has 2 rings (SSSR count). The molecule has 19 heavy (non-hydrogen) atoms. The van der Waals surface area contributed by atoms with E-state index in [2.05, 4.69) is 9.59 Å². The summed E-state index contributed by atoms with van der Waals surface area (Å²) < 4.78 is 3.84. The van der Waals surface area contributed by atoms with Crippen LogP contribution in [-0.2, 0) is 13.0 Å². The van der Waals surface area contributed by atoms with Crippen LogP contribution >= 0.6 is 11.5 Å². The first-order valence-electron chi connectivity index (χ1n) is 6.03. The number of hydrogen-bond donors (Lipinski definition) is 1. The summed E-state index contributed by atoms with van der Waals surface area (Å²) in [7, 11) is 1.76. The molecule has 0 aliphatic rings. The highest BCUT2D eigenvalue weighted by Crippen LogP contribution is 2.17. The summed E-state index contributed by atoms with van der Waals surface area (Å²) in [4.78, 5) is 14.6. The van der Waals surface area contributed by atoms with E-state index in [1.54, 1.807) is 11.9 Å². The minimum absolute atomic E-state index is 0.0601. The molecule has 0 saturated heterocycles. The molecule has 0 atom stereocenters. The Morgan fingerprint density at radius 2 is 2.16 bits per heavy atom. The Labute approximate surface area is 116 Å². The van der Waals surface area contributed by atoms with Gasteiger partial charge in [0.15, 0.2) is 0 Å². The first kappa shape index (κ1) is 13.5. The average molecular weight is 276 g/mol. The van der Waals surface area contributed by atoms with E-state index >= 15 is 0 Å². The van der Waals surface area contributed by atoms with Crippen LogP contribution in [0.5, 0.6) is 0 Å². The normalized spacial score (nSPS) is 10.4. The summed E-state index contributed by atoms with van der Waals surface area (Å²) in [5.41, 5.74) is 8.27. The van der Waals surface area contributed by atoms with Gasteiger partial charge in [0, 0.05) is 19.3 Å². The second-order valence-corrected chi connectivity index (χ2v) is 5.02. The van der Waals surface area contributed by atoms with Crippen molar-refractivity contribution in [2.75, 3.05) is 12.8 Å². The van der Waals surface area contributed by atoms with Crippen molar-refractivity contribution in [3.8, 4) is 0 Å². The second kappa shape index (κ2) is 5.79. The minimum Gasteiger partial charge on any atom is -0.398 e. The van der Waals surface area contributed by atoms with Gasteiger partial charge < -0.3 is 10.6 Å². The van der Waals surface area contributed by atoms with Crippen LogP contribution < -0.4 is 5.73 Å². The molecule has 1 amide bonds. The summed E-state index contributed by atoms with van der Waals surface area (Å²) in [6.07, 6.45) is 0.707. The number of rotatable bonds is 4. The molecule has 1 heterocycles. The molecule has 100 valence electrons. The number of nitrogens with zero attached hydrogens (tertiary/aromatic N) is 3. The van der Waals surface area contributed by atoms with E-state index in [4.69, 9.17) is 5.73 Å². The van der Waals surface area contributed by atoms with Gasteiger partial charge in [0.1, 0.15) is 4.88 Å². The monoisotopic (exact) mass is 276 g/mol. The highest BCUT2D eigenvalue weighted by Gasteiger charge is 2.19. The maximum absolute atomic E-state index is 12.3. The van der Waals surface area contributed by atoms with Crippen LogP contribution in [0.2, 0.25) is 0 Å². The maximum Gasteiger partial charge on any atom is 0.267 e. The number of carbonyl (C=O) groups is 1. The molecule has 0 spiro atoms. The number of hydrogen-bond acceptors (Lipinski definition) is 5. The molecule has 0 unspecified atom stereocenters. The molecule has 5 nitrogen and oxygen atoms in total. The Morgan fingerprint density at radius 1 is 1.42 bits per heavy atom. The number of anilines is 1. The molecule has 2 N–H and O–H groups in total. The third-order valence-electron chi connectivity index (χ3n) is 2.89. The molecule has 6 heteroatoms. The molecule has 1 aromatic carbocycles. The van der Waals surface area contributed by atoms with Crippen molar-refractivity contribution in [3.63, 3.8) is 0 Å². The van der Waals surface area contributed by atoms with Crippen LogP contribution in [0.3, 0.4) is 0 Å². The van der Waals surface area contributed by atoms with Crippen molar-refractivity contribution in [1.82, 2.24) is 14.5 Å². The zero-order chi connectivity index (χ0) is 13.8. The zero-order valence-corrected chi connectivity index (χ0v) is 11.8. The number of aromatic nitrogens is 2. The van der Waals surface area contributed by atoms with Crippen molar-refractivity contribution in [1.29, 1.82) is 0 Å². The average Bonchev–Trinajstić information content (AvgIpc) is 2.88. The zero-order valence-electron chi connectivity index (χ0n) is 11.0. The number of aryl methyl sites for hydroxylation is 1. The SMILES string of the molecule is CCc1nnsc1C(=O)N(C)Cc1ccccc1N. The number of carbonyl (C=O) groups excluding carboxylic acids is 1. The molecule has 2 aromatic rings. The number of para-hydroxylation sites is 1. The smallest absolute Gasteiger partial charge is 0.267 e. The van der Waals surface area contributed by atoms with Crippen molar-refractivity contribution < 1.29 is 4.79 Å². The van der Waals surface area contributed by atoms with E-state index < -0.39 is 0 Å². The summed E-state index contributed by atoms with van der Waals surface area (Å²) >= 11 is 1.14. The van der Waals surface area contributed by atoms with Crippen LogP contribution in [0.4, 0.5) is 5.69 Å². The Hall–Kier alpha value is -1.95. The topological polar surface area (TPSA) is 72.1 Å². The van der Waals surface area contributed by atoms with Gasteiger partial charge in [-0.3, -0.25) is 4.79 Å². The molecule has 0 fully saturated rings. The Bertz CT molecular complexity index is 582. The number of benzene rings is 1. The van der Waals surface area contributed by atoms with Gasteiger partial charge in [-0.05, 0) is 29.6 Å². The molecule has 0 aliphatic carbocycles. The van der Waals surface area contributed by atoms with Gasteiger partial charge in [-0.25, -0.2) is 0 Å². The quantitative estimate of drug-likeness (QED) is 0.866. The van der Waals surface area contributed by atoms with E-state index in [0.717, 1.165) is 22.8 Å². The molecule has 1 aromatic heterocycles. The molecule has 0 saturated carbocycles. The highest BCUT2D eigenvalue weighted by molar-refractivity contribution is 7.07. The van der Waals surface area contributed by atoms with Gasteiger partial charge in [-0.15, -0.1) is 5.10 Å². The first-order chi connectivity index (χ1) is 9.13.